The zero-order valence-corrected chi connectivity index (χ0v) is 26.4. The van der Waals surface area contributed by atoms with Gasteiger partial charge < -0.3 is 10.2 Å². The Morgan fingerprint density at radius 2 is 1.53 bits per heavy atom. The highest BCUT2D eigenvalue weighted by Gasteiger charge is 2.37. The van der Waals surface area contributed by atoms with Crippen LogP contribution < -0.4 is 9.62 Å². The summed E-state index contributed by atoms with van der Waals surface area (Å²) in [6.07, 6.45) is -4.69. The molecular weight excluding hydrogens is 650 g/mol. The number of nitrogens with zero attached hydrogens (tertiary/aromatic N) is 2. The average Bonchev–Trinajstić information content (AvgIpc) is 2.93. The van der Waals surface area contributed by atoms with Gasteiger partial charge >= 0.3 is 6.18 Å². The number of hydrogen-bond acceptors (Lipinski definition) is 4. The van der Waals surface area contributed by atoms with E-state index in [9.17, 15) is 31.2 Å². The molecule has 0 saturated carbocycles. The monoisotopic (exact) mass is 677 g/mol. The van der Waals surface area contributed by atoms with Crippen LogP contribution in [0, 0.1) is 0 Å². The van der Waals surface area contributed by atoms with Crippen LogP contribution >= 0.6 is 34.8 Å². The lowest BCUT2D eigenvalue weighted by Gasteiger charge is -2.34. The Morgan fingerprint density at radius 1 is 0.907 bits per heavy atom. The van der Waals surface area contributed by atoms with Crippen molar-refractivity contribution in [1.82, 2.24) is 10.2 Å². The third-order valence-corrected chi connectivity index (χ3v) is 9.14. The first-order valence-corrected chi connectivity index (χ1v) is 15.6. The van der Waals surface area contributed by atoms with Gasteiger partial charge in [-0.15, -0.1) is 0 Å². The number of benzene rings is 3. The summed E-state index contributed by atoms with van der Waals surface area (Å²) in [5.41, 5.74) is -1.24. The number of sulfonamides is 1. The van der Waals surface area contributed by atoms with Crippen molar-refractivity contribution in [1.29, 1.82) is 0 Å². The molecule has 232 valence electrons. The standard InChI is InChI=1S/C29H29Cl3F3N3O4S/c1-4-25(28(40)36-18(2)3)37(16-19-10-12-22(30)24(32)14-19)27(39)17-38(43(41,42)21-8-6-5-7-9-21)26-15-20(29(33,34)35)11-13-23(26)31/h5-15,18,25H,4,16-17H2,1-3H3,(H,36,40)/t25-/m0/s1. The molecule has 3 rings (SSSR count). The van der Waals surface area contributed by atoms with Gasteiger partial charge in [0.2, 0.25) is 11.8 Å². The van der Waals surface area contributed by atoms with Crippen LogP contribution in [0.5, 0.6) is 0 Å². The Hall–Kier alpha value is -2.99. The molecular formula is C29H29Cl3F3N3O4S. The second-order valence-corrected chi connectivity index (χ2v) is 12.9. The maximum Gasteiger partial charge on any atom is 0.416 e. The summed E-state index contributed by atoms with van der Waals surface area (Å²) >= 11 is 18.5. The summed E-state index contributed by atoms with van der Waals surface area (Å²) in [5.74, 6) is -1.37. The largest absolute Gasteiger partial charge is 0.416 e. The van der Waals surface area contributed by atoms with Gasteiger partial charge in [-0.2, -0.15) is 13.2 Å². The maximum absolute atomic E-state index is 14.1. The number of anilines is 1. The topological polar surface area (TPSA) is 86.8 Å². The number of carbonyl (C=O) groups excluding carboxylic acids is 2. The van der Waals surface area contributed by atoms with E-state index >= 15 is 0 Å². The summed E-state index contributed by atoms with van der Waals surface area (Å²) in [4.78, 5) is 28.1. The Labute approximate surface area is 263 Å². The number of hydrogen-bond donors (Lipinski definition) is 1. The molecule has 0 spiro atoms. The van der Waals surface area contributed by atoms with E-state index < -0.39 is 51.9 Å². The zero-order valence-electron chi connectivity index (χ0n) is 23.3. The molecule has 7 nitrogen and oxygen atoms in total. The van der Waals surface area contributed by atoms with Crippen molar-refractivity contribution in [3.63, 3.8) is 0 Å². The Morgan fingerprint density at radius 3 is 2.09 bits per heavy atom. The van der Waals surface area contributed by atoms with Gasteiger partial charge in [0.15, 0.2) is 0 Å². The zero-order chi connectivity index (χ0) is 32.1. The molecule has 0 aliphatic rings. The van der Waals surface area contributed by atoms with E-state index in [2.05, 4.69) is 5.32 Å². The fourth-order valence-electron chi connectivity index (χ4n) is 4.25. The van der Waals surface area contributed by atoms with E-state index in [1.165, 1.54) is 36.4 Å². The lowest BCUT2D eigenvalue weighted by molar-refractivity contribution is -0.140. The van der Waals surface area contributed by atoms with Crippen molar-refractivity contribution in [3.05, 3.63) is 92.9 Å². The first-order valence-electron chi connectivity index (χ1n) is 13.0. The minimum absolute atomic E-state index is 0.140. The lowest BCUT2D eigenvalue weighted by atomic mass is 10.1. The summed E-state index contributed by atoms with van der Waals surface area (Å²) in [6.45, 7) is 3.99. The van der Waals surface area contributed by atoms with E-state index in [1.54, 1.807) is 32.9 Å². The Bertz CT molecular complexity index is 1570. The highest BCUT2D eigenvalue weighted by atomic mass is 35.5. The smallest absolute Gasteiger partial charge is 0.352 e. The van der Waals surface area contributed by atoms with Gasteiger partial charge in [0, 0.05) is 12.6 Å². The van der Waals surface area contributed by atoms with E-state index in [-0.39, 0.29) is 39.0 Å². The SMILES string of the molecule is CC[C@@H](C(=O)NC(C)C)N(Cc1ccc(Cl)c(Cl)c1)C(=O)CN(c1cc(C(F)(F)F)ccc1Cl)S(=O)(=O)c1ccccc1. The summed E-state index contributed by atoms with van der Waals surface area (Å²) < 4.78 is 69.3. The van der Waals surface area contributed by atoms with Crippen LogP contribution in [0.1, 0.15) is 38.3 Å². The van der Waals surface area contributed by atoms with Gasteiger partial charge in [0.1, 0.15) is 12.6 Å². The van der Waals surface area contributed by atoms with Gasteiger partial charge in [-0.3, -0.25) is 13.9 Å². The van der Waals surface area contributed by atoms with Gasteiger partial charge in [-0.05, 0) is 68.3 Å². The first kappa shape index (κ1) is 34.5. The Kier molecular flexibility index (Phi) is 11.4. The fourth-order valence-corrected chi connectivity index (χ4v) is 6.28. The number of rotatable bonds is 11. The summed E-state index contributed by atoms with van der Waals surface area (Å²) in [7, 11) is -4.63. The molecule has 43 heavy (non-hydrogen) atoms. The predicted octanol–water partition coefficient (Wildman–Crippen LogP) is 7.19. The van der Waals surface area contributed by atoms with E-state index in [1.807, 2.05) is 0 Å². The van der Waals surface area contributed by atoms with E-state index in [0.717, 1.165) is 11.0 Å². The van der Waals surface area contributed by atoms with Crippen LogP contribution in [0.2, 0.25) is 15.1 Å². The molecule has 0 bridgehead atoms. The van der Waals surface area contributed by atoms with Crippen LogP contribution in [-0.4, -0.2) is 43.8 Å². The molecule has 3 aromatic carbocycles. The molecule has 0 aliphatic heterocycles. The van der Waals surface area contributed by atoms with Crippen LogP contribution in [0.3, 0.4) is 0 Å². The van der Waals surface area contributed by atoms with Gasteiger partial charge in [-0.1, -0.05) is 66.0 Å². The number of amides is 2. The van der Waals surface area contributed by atoms with Crippen LogP contribution in [0.15, 0.2) is 71.6 Å². The molecule has 0 unspecified atom stereocenters. The van der Waals surface area contributed by atoms with Gasteiger partial charge in [0.05, 0.1) is 31.2 Å². The molecule has 1 N–H and O–H groups in total. The van der Waals surface area contributed by atoms with Crippen molar-refractivity contribution in [3.8, 4) is 0 Å². The number of nitrogens with one attached hydrogen (secondary N) is 1. The van der Waals surface area contributed by atoms with Crippen molar-refractivity contribution in [2.24, 2.45) is 0 Å². The minimum atomic E-state index is -4.83. The fraction of sp³-hybridized carbons (Fsp3) is 0.310. The summed E-state index contributed by atoms with van der Waals surface area (Å²) in [5, 5.41) is 2.87. The molecule has 0 radical (unpaired) electrons. The average molecular weight is 679 g/mol. The van der Waals surface area contributed by atoms with Crippen LogP contribution in [-0.2, 0) is 32.3 Å². The minimum Gasteiger partial charge on any atom is -0.352 e. The van der Waals surface area contributed by atoms with Crippen LogP contribution in [0.25, 0.3) is 0 Å². The number of carbonyl (C=O) groups is 2. The summed E-state index contributed by atoms with van der Waals surface area (Å²) in [6, 6.07) is 12.4. The Balaban J connectivity index is 2.17. The maximum atomic E-state index is 14.1. The molecule has 3 aromatic rings. The van der Waals surface area contributed by atoms with Crippen molar-refractivity contribution in [2.45, 2.75) is 56.9 Å². The molecule has 0 heterocycles. The van der Waals surface area contributed by atoms with Crippen LogP contribution in [0.4, 0.5) is 18.9 Å². The third-order valence-electron chi connectivity index (χ3n) is 6.31. The van der Waals surface area contributed by atoms with Crippen molar-refractivity contribution in [2.75, 3.05) is 10.8 Å². The molecule has 0 saturated heterocycles. The molecule has 14 heteroatoms. The van der Waals surface area contributed by atoms with Crippen molar-refractivity contribution < 1.29 is 31.2 Å². The lowest BCUT2D eigenvalue weighted by Crippen LogP contribution is -2.53. The molecule has 0 fully saturated rings. The normalized spacial score (nSPS) is 12.6. The third kappa shape index (κ3) is 8.56. The molecule has 1 atom stereocenters. The second-order valence-electron chi connectivity index (χ2n) is 9.85. The van der Waals surface area contributed by atoms with E-state index in [4.69, 9.17) is 34.8 Å². The number of halogens is 6. The van der Waals surface area contributed by atoms with Gasteiger partial charge in [0.25, 0.3) is 10.0 Å². The molecule has 0 aromatic heterocycles. The number of alkyl halides is 3. The molecule has 0 aliphatic carbocycles. The second kappa shape index (κ2) is 14.2. The van der Waals surface area contributed by atoms with Crippen molar-refractivity contribution >= 4 is 62.3 Å². The first-order chi connectivity index (χ1) is 20.1. The van der Waals surface area contributed by atoms with E-state index in [0.29, 0.717) is 22.0 Å². The highest BCUT2D eigenvalue weighted by Crippen LogP contribution is 2.37. The predicted molar refractivity (Wildman–Crippen MR) is 162 cm³/mol. The molecule has 2 amide bonds. The van der Waals surface area contributed by atoms with Gasteiger partial charge in [-0.25, -0.2) is 8.42 Å². The highest BCUT2D eigenvalue weighted by molar-refractivity contribution is 7.92. The quantitative estimate of drug-likeness (QED) is 0.233.